The number of urea groups is 1. The van der Waals surface area contributed by atoms with Crippen molar-refractivity contribution in [1.29, 1.82) is 0 Å². The lowest BCUT2D eigenvalue weighted by Crippen LogP contribution is -2.44. The molecule has 1 N–H and O–H groups in total. The van der Waals surface area contributed by atoms with E-state index in [2.05, 4.69) is 10.4 Å². The summed E-state index contributed by atoms with van der Waals surface area (Å²) in [7, 11) is 1.60. The van der Waals surface area contributed by atoms with Gasteiger partial charge in [-0.05, 0) is 37.5 Å². The van der Waals surface area contributed by atoms with Gasteiger partial charge in [-0.2, -0.15) is 5.10 Å². The average Bonchev–Trinajstić information content (AvgIpc) is 3.07. The van der Waals surface area contributed by atoms with Crippen molar-refractivity contribution >= 4 is 6.03 Å². The Morgan fingerprint density at radius 1 is 1.28 bits per heavy atom. The quantitative estimate of drug-likeness (QED) is 0.763. The number of hydrogen-bond acceptors (Lipinski definition) is 4. The number of rotatable bonds is 7. The number of piperidine rings is 1. The normalized spacial score (nSPS) is 14.9. The number of carbonyl (C=O) groups is 1. The number of aromatic nitrogens is 3. The van der Waals surface area contributed by atoms with Gasteiger partial charge in [0.2, 0.25) is 0 Å². The molecule has 1 fully saturated rings. The first-order valence-corrected chi connectivity index (χ1v) is 9.97. The van der Waals surface area contributed by atoms with E-state index in [-0.39, 0.29) is 23.5 Å². The standard InChI is InChI=1S/C20H28FN5O3/c1-3-25-18(23-26(20(25)28)12-13-29-2)16-8-10-24(11-9-16)19(27)22-14-15-4-6-17(21)7-5-15/h4-7,16H,3,8-14H2,1-2H3,(H,22,27). The molecule has 0 saturated carbocycles. The second-order valence-corrected chi connectivity index (χ2v) is 7.15. The fourth-order valence-electron chi connectivity index (χ4n) is 3.61. The molecule has 158 valence electrons. The highest BCUT2D eigenvalue weighted by Gasteiger charge is 2.28. The molecule has 3 rings (SSSR count). The number of halogens is 1. The predicted molar refractivity (Wildman–Crippen MR) is 106 cm³/mol. The molecule has 2 aromatic rings. The molecule has 29 heavy (non-hydrogen) atoms. The Balaban J connectivity index is 1.56. The number of amides is 2. The molecule has 1 saturated heterocycles. The van der Waals surface area contributed by atoms with E-state index in [4.69, 9.17) is 4.74 Å². The Bertz CT molecular complexity index is 869. The summed E-state index contributed by atoms with van der Waals surface area (Å²) in [5, 5.41) is 7.41. The molecular weight excluding hydrogens is 377 g/mol. The number of hydrogen-bond donors (Lipinski definition) is 1. The average molecular weight is 405 g/mol. The summed E-state index contributed by atoms with van der Waals surface area (Å²) in [6.45, 7) is 4.93. The highest BCUT2D eigenvalue weighted by molar-refractivity contribution is 5.74. The molecular formula is C20H28FN5O3. The lowest BCUT2D eigenvalue weighted by Gasteiger charge is -2.31. The SMILES string of the molecule is CCn1c(C2CCN(C(=O)NCc3ccc(F)cc3)CC2)nn(CCOC)c1=O. The van der Waals surface area contributed by atoms with E-state index in [0.717, 1.165) is 24.2 Å². The molecule has 2 amide bonds. The van der Waals surface area contributed by atoms with E-state index in [1.54, 1.807) is 28.7 Å². The first-order chi connectivity index (χ1) is 14.0. The third-order valence-electron chi connectivity index (χ3n) is 5.28. The van der Waals surface area contributed by atoms with Gasteiger partial charge in [-0.15, -0.1) is 0 Å². The number of methoxy groups -OCH3 is 1. The molecule has 1 aliphatic rings. The van der Waals surface area contributed by atoms with Crippen LogP contribution in [0.3, 0.4) is 0 Å². The van der Waals surface area contributed by atoms with Gasteiger partial charge < -0.3 is 15.0 Å². The number of nitrogens with one attached hydrogen (secondary N) is 1. The Hall–Kier alpha value is -2.68. The van der Waals surface area contributed by atoms with Crippen LogP contribution in [-0.2, 0) is 24.4 Å². The van der Waals surface area contributed by atoms with E-state index in [0.29, 0.717) is 39.3 Å². The van der Waals surface area contributed by atoms with Crippen LogP contribution in [-0.4, -0.2) is 52.1 Å². The van der Waals surface area contributed by atoms with Crippen LogP contribution < -0.4 is 11.0 Å². The number of nitrogens with zero attached hydrogens (tertiary/aromatic N) is 4. The lowest BCUT2D eigenvalue weighted by atomic mass is 9.96. The van der Waals surface area contributed by atoms with Gasteiger partial charge in [0.25, 0.3) is 0 Å². The molecule has 0 spiro atoms. The molecule has 0 bridgehead atoms. The van der Waals surface area contributed by atoms with Crippen LogP contribution in [0.25, 0.3) is 0 Å². The van der Waals surface area contributed by atoms with Gasteiger partial charge in [0.1, 0.15) is 11.6 Å². The van der Waals surface area contributed by atoms with E-state index in [1.807, 2.05) is 6.92 Å². The van der Waals surface area contributed by atoms with Crippen LogP contribution in [0.2, 0.25) is 0 Å². The van der Waals surface area contributed by atoms with Gasteiger partial charge in [0.15, 0.2) is 0 Å². The summed E-state index contributed by atoms with van der Waals surface area (Å²) in [4.78, 5) is 26.7. The van der Waals surface area contributed by atoms with Crippen molar-refractivity contribution in [2.75, 3.05) is 26.8 Å². The minimum Gasteiger partial charge on any atom is -0.383 e. The number of benzene rings is 1. The van der Waals surface area contributed by atoms with Gasteiger partial charge in [0, 0.05) is 39.2 Å². The number of likely N-dealkylation sites (tertiary alicyclic amines) is 1. The van der Waals surface area contributed by atoms with Gasteiger partial charge in [-0.3, -0.25) is 4.57 Å². The molecule has 0 aliphatic carbocycles. The van der Waals surface area contributed by atoms with Gasteiger partial charge in [-0.25, -0.2) is 18.7 Å². The summed E-state index contributed by atoms with van der Waals surface area (Å²) in [5.74, 6) is 0.643. The molecule has 1 aromatic carbocycles. The molecule has 0 atom stereocenters. The van der Waals surface area contributed by atoms with E-state index >= 15 is 0 Å². The molecule has 8 nitrogen and oxygen atoms in total. The second-order valence-electron chi connectivity index (χ2n) is 7.15. The van der Waals surface area contributed by atoms with Crippen molar-refractivity contribution in [3.05, 3.63) is 52.0 Å². The van der Waals surface area contributed by atoms with Crippen LogP contribution in [0.4, 0.5) is 9.18 Å². The topological polar surface area (TPSA) is 81.4 Å². The summed E-state index contributed by atoms with van der Waals surface area (Å²) in [5.41, 5.74) is 0.738. The van der Waals surface area contributed by atoms with Crippen molar-refractivity contribution < 1.29 is 13.9 Å². The Labute approximate surface area is 169 Å². The number of carbonyl (C=O) groups excluding carboxylic acids is 1. The highest BCUT2D eigenvalue weighted by Crippen LogP contribution is 2.26. The van der Waals surface area contributed by atoms with Crippen molar-refractivity contribution in [3.63, 3.8) is 0 Å². The molecule has 9 heteroatoms. The van der Waals surface area contributed by atoms with Crippen LogP contribution in [0, 0.1) is 5.82 Å². The third kappa shape index (κ3) is 5.03. The van der Waals surface area contributed by atoms with Gasteiger partial charge >= 0.3 is 11.7 Å². The Morgan fingerprint density at radius 3 is 2.59 bits per heavy atom. The van der Waals surface area contributed by atoms with Gasteiger partial charge in [0.05, 0.1) is 13.2 Å². The molecule has 1 aliphatic heterocycles. The van der Waals surface area contributed by atoms with Crippen molar-refractivity contribution in [3.8, 4) is 0 Å². The largest absolute Gasteiger partial charge is 0.383 e. The second kappa shape index (κ2) is 9.69. The first-order valence-electron chi connectivity index (χ1n) is 9.97. The van der Waals surface area contributed by atoms with Crippen LogP contribution in [0.5, 0.6) is 0 Å². The fourth-order valence-corrected chi connectivity index (χ4v) is 3.61. The van der Waals surface area contributed by atoms with Crippen LogP contribution in [0.1, 0.15) is 37.1 Å². The maximum absolute atomic E-state index is 13.0. The van der Waals surface area contributed by atoms with E-state index in [1.165, 1.54) is 16.8 Å². The third-order valence-corrected chi connectivity index (χ3v) is 5.28. The minimum absolute atomic E-state index is 0.112. The molecule has 0 unspecified atom stereocenters. The van der Waals surface area contributed by atoms with Crippen molar-refractivity contribution in [2.24, 2.45) is 0 Å². The summed E-state index contributed by atoms with van der Waals surface area (Å²) in [6, 6.07) is 5.95. The van der Waals surface area contributed by atoms with Gasteiger partial charge in [-0.1, -0.05) is 12.1 Å². The van der Waals surface area contributed by atoms with E-state index in [9.17, 15) is 14.0 Å². The smallest absolute Gasteiger partial charge is 0.345 e. The molecule has 0 radical (unpaired) electrons. The van der Waals surface area contributed by atoms with Crippen molar-refractivity contribution in [2.45, 2.75) is 45.3 Å². The predicted octanol–water partition coefficient (Wildman–Crippen LogP) is 1.94. The van der Waals surface area contributed by atoms with E-state index < -0.39 is 0 Å². The molecule has 2 heterocycles. The Kier molecular flexibility index (Phi) is 7.03. The fraction of sp³-hybridized carbons (Fsp3) is 0.550. The first kappa shape index (κ1) is 21.0. The minimum atomic E-state index is -0.294. The highest BCUT2D eigenvalue weighted by atomic mass is 19.1. The lowest BCUT2D eigenvalue weighted by molar-refractivity contribution is 0.178. The summed E-state index contributed by atoms with van der Waals surface area (Å²) >= 11 is 0. The molecule has 1 aromatic heterocycles. The van der Waals surface area contributed by atoms with Crippen molar-refractivity contribution in [1.82, 2.24) is 24.6 Å². The van der Waals surface area contributed by atoms with Crippen LogP contribution >= 0.6 is 0 Å². The maximum atomic E-state index is 13.0. The number of ether oxygens (including phenoxy) is 1. The summed E-state index contributed by atoms with van der Waals surface area (Å²) in [6.07, 6.45) is 1.51. The Morgan fingerprint density at radius 2 is 1.97 bits per heavy atom. The zero-order valence-corrected chi connectivity index (χ0v) is 16.9. The monoisotopic (exact) mass is 405 g/mol. The zero-order chi connectivity index (χ0) is 20.8. The summed E-state index contributed by atoms with van der Waals surface area (Å²) < 4.78 is 21.2. The van der Waals surface area contributed by atoms with Crippen LogP contribution in [0.15, 0.2) is 29.1 Å². The zero-order valence-electron chi connectivity index (χ0n) is 16.9. The maximum Gasteiger partial charge on any atom is 0.345 e.